The summed E-state index contributed by atoms with van der Waals surface area (Å²) in [5, 5.41) is 8.52. The molecule has 1 aromatic rings. The summed E-state index contributed by atoms with van der Waals surface area (Å²) in [6.07, 6.45) is 0.820. The highest BCUT2D eigenvalue weighted by Gasteiger charge is 2.20. The predicted octanol–water partition coefficient (Wildman–Crippen LogP) is 1.91. The lowest BCUT2D eigenvalue weighted by atomic mass is 10.0. The molecule has 1 N–H and O–H groups in total. The Balaban J connectivity index is 2.68. The Kier molecular flexibility index (Phi) is 6.34. The molecule has 6 heteroatoms. The Hall–Kier alpha value is -1.42. The molecule has 1 atom stereocenters. The molecule has 1 unspecified atom stereocenters. The molecular formula is C15H23N3O2S. The fourth-order valence-electron chi connectivity index (χ4n) is 2.12. The minimum Gasteiger partial charge on any atom is -0.199 e. The fourth-order valence-corrected chi connectivity index (χ4v) is 3.22. The zero-order valence-electron chi connectivity index (χ0n) is 13.0. The summed E-state index contributed by atoms with van der Waals surface area (Å²) in [7, 11) is -2.06. The van der Waals surface area contributed by atoms with Gasteiger partial charge in [-0.15, -0.1) is 0 Å². The van der Waals surface area contributed by atoms with Crippen LogP contribution in [0.25, 0.3) is 0 Å². The van der Waals surface area contributed by atoms with Gasteiger partial charge in [0, 0.05) is 26.1 Å². The van der Waals surface area contributed by atoms with Gasteiger partial charge in [-0.1, -0.05) is 23.8 Å². The summed E-state index contributed by atoms with van der Waals surface area (Å²) in [6.45, 7) is 6.10. The third-order valence-corrected chi connectivity index (χ3v) is 5.03. The number of rotatable bonds is 7. The maximum atomic E-state index is 12.1. The SMILES string of the molecule is Cc1ccc(CC(C)NS(=O)(=O)N(C)CCC#N)c(C)c1. The Labute approximate surface area is 127 Å². The van der Waals surface area contributed by atoms with Crippen LogP contribution in [0.1, 0.15) is 30.0 Å². The Bertz CT molecular complexity index is 620. The fraction of sp³-hybridized carbons (Fsp3) is 0.533. The van der Waals surface area contributed by atoms with Crippen molar-refractivity contribution in [3.63, 3.8) is 0 Å². The van der Waals surface area contributed by atoms with Crippen LogP contribution < -0.4 is 4.72 Å². The monoisotopic (exact) mass is 309 g/mol. The van der Waals surface area contributed by atoms with Gasteiger partial charge in [-0.05, 0) is 38.3 Å². The van der Waals surface area contributed by atoms with E-state index in [1.807, 2.05) is 39.0 Å². The molecule has 1 rings (SSSR count). The largest absolute Gasteiger partial charge is 0.279 e. The topological polar surface area (TPSA) is 73.2 Å². The molecule has 0 aliphatic carbocycles. The second kappa shape index (κ2) is 7.55. The molecule has 21 heavy (non-hydrogen) atoms. The van der Waals surface area contributed by atoms with E-state index in [9.17, 15) is 8.42 Å². The highest BCUT2D eigenvalue weighted by Crippen LogP contribution is 2.13. The van der Waals surface area contributed by atoms with Crippen molar-refractivity contribution in [1.29, 1.82) is 5.26 Å². The third-order valence-electron chi connectivity index (χ3n) is 3.32. The van der Waals surface area contributed by atoms with Gasteiger partial charge in [0.25, 0.3) is 10.2 Å². The lowest BCUT2D eigenvalue weighted by Gasteiger charge is -2.21. The minimum absolute atomic E-state index is 0.183. The number of aryl methyl sites for hydroxylation is 2. The number of nitriles is 1. The molecule has 0 aliphatic rings. The van der Waals surface area contributed by atoms with E-state index in [0.29, 0.717) is 6.42 Å². The zero-order valence-corrected chi connectivity index (χ0v) is 13.9. The van der Waals surface area contributed by atoms with E-state index in [1.54, 1.807) is 0 Å². The lowest BCUT2D eigenvalue weighted by molar-refractivity contribution is 0.454. The Morgan fingerprint density at radius 1 is 1.38 bits per heavy atom. The third kappa shape index (κ3) is 5.46. The van der Waals surface area contributed by atoms with Crippen molar-refractivity contribution in [2.24, 2.45) is 0 Å². The second-order valence-corrected chi connectivity index (χ2v) is 7.20. The first-order valence-corrected chi connectivity index (χ1v) is 8.37. The average molecular weight is 309 g/mol. The quantitative estimate of drug-likeness (QED) is 0.836. The summed E-state index contributed by atoms with van der Waals surface area (Å²) in [5.41, 5.74) is 3.50. The van der Waals surface area contributed by atoms with Crippen molar-refractivity contribution in [3.8, 4) is 6.07 Å². The number of nitrogens with zero attached hydrogens (tertiary/aromatic N) is 2. The molecule has 1 aromatic carbocycles. The van der Waals surface area contributed by atoms with Gasteiger partial charge in [0.2, 0.25) is 0 Å². The Morgan fingerprint density at radius 3 is 2.62 bits per heavy atom. The average Bonchev–Trinajstić information content (AvgIpc) is 2.38. The number of benzene rings is 1. The molecular weight excluding hydrogens is 286 g/mol. The molecule has 0 saturated heterocycles. The first-order chi connectivity index (χ1) is 9.76. The van der Waals surface area contributed by atoms with Gasteiger partial charge in [0.15, 0.2) is 0 Å². The van der Waals surface area contributed by atoms with Crippen LogP contribution in [0.4, 0.5) is 0 Å². The maximum Gasteiger partial charge on any atom is 0.279 e. The summed E-state index contributed by atoms with van der Waals surface area (Å²) in [6, 6.07) is 7.90. The van der Waals surface area contributed by atoms with Crippen LogP contribution in [0, 0.1) is 25.2 Å². The molecule has 0 heterocycles. The summed E-state index contributed by atoms with van der Waals surface area (Å²) in [4.78, 5) is 0. The van der Waals surface area contributed by atoms with Crippen molar-refractivity contribution < 1.29 is 8.42 Å². The molecule has 116 valence electrons. The van der Waals surface area contributed by atoms with Crippen molar-refractivity contribution in [2.75, 3.05) is 13.6 Å². The van der Waals surface area contributed by atoms with E-state index in [-0.39, 0.29) is 19.0 Å². The molecule has 0 saturated carbocycles. The van der Waals surface area contributed by atoms with Crippen molar-refractivity contribution in [2.45, 2.75) is 39.7 Å². The first-order valence-electron chi connectivity index (χ1n) is 6.93. The number of nitrogens with one attached hydrogen (secondary N) is 1. The molecule has 0 aromatic heterocycles. The van der Waals surface area contributed by atoms with Crippen LogP contribution >= 0.6 is 0 Å². The highest BCUT2D eigenvalue weighted by molar-refractivity contribution is 7.87. The molecule has 0 amide bonds. The normalized spacial score (nSPS) is 13.1. The predicted molar refractivity (Wildman–Crippen MR) is 84.0 cm³/mol. The summed E-state index contributed by atoms with van der Waals surface area (Å²) >= 11 is 0. The van der Waals surface area contributed by atoms with Gasteiger partial charge in [0.05, 0.1) is 6.07 Å². The molecule has 0 bridgehead atoms. The second-order valence-electron chi connectivity index (χ2n) is 5.39. The van der Waals surface area contributed by atoms with Gasteiger partial charge in [0.1, 0.15) is 0 Å². The van der Waals surface area contributed by atoms with Crippen molar-refractivity contribution in [3.05, 3.63) is 34.9 Å². The van der Waals surface area contributed by atoms with Gasteiger partial charge < -0.3 is 0 Å². The van der Waals surface area contributed by atoms with Crippen LogP contribution in [0.15, 0.2) is 18.2 Å². The molecule has 0 spiro atoms. The van der Waals surface area contributed by atoms with Crippen molar-refractivity contribution >= 4 is 10.2 Å². The first kappa shape index (κ1) is 17.6. The van der Waals surface area contributed by atoms with E-state index < -0.39 is 10.2 Å². The van der Waals surface area contributed by atoms with E-state index in [2.05, 4.69) is 10.8 Å². The molecule has 0 radical (unpaired) electrons. The summed E-state index contributed by atoms with van der Waals surface area (Å²) in [5.74, 6) is 0. The minimum atomic E-state index is -3.54. The smallest absolute Gasteiger partial charge is 0.199 e. The van der Waals surface area contributed by atoms with E-state index >= 15 is 0 Å². The Morgan fingerprint density at radius 2 is 2.05 bits per heavy atom. The highest BCUT2D eigenvalue weighted by atomic mass is 32.2. The summed E-state index contributed by atoms with van der Waals surface area (Å²) < 4.78 is 28.0. The number of hydrogen-bond acceptors (Lipinski definition) is 3. The van der Waals surface area contributed by atoms with Gasteiger partial charge in [-0.2, -0.15) is 22.7 Å². The maximum absolute atomic E-state index is 12.1. The number of hydrogen-bond donors (Lipinski definition) is 1. The van der Waals surface area contributed by atoms with Gasteiger partial charge in [-0.25, -0.2) is 0 Å². The van der Waals surface area contributed by atoms with E-state index in [0.717, 1.165) is 5.56 Å². The molecule has 0 fully saturated rings. The van der Waals surface area contributed by atoms with Crippen LogP contribution in [-0.4, -0.2) is 32.4 Å². The van der Waals surface area contributed by atoms with Crippen LogP contribution in [0.5, 0.6) is 0 Å². The van der Waals surface area contributed by atoms with Crippen LogP contribution in [0.3, 0.4) is 0 Å². The molecule has 5 nitrogen and oxygen atoms in total. The van der Waals surface area contributed by atoms with Gasteiger partial charge >= 0.3 is 0 Å². The van der Waals surface area contributed by atoms with E-state index in [1.165, 1.54) is 22.5 Å². The van der Waals surface area contributed by atoms with Gasteiger partial charge in [-0.3, -0.25) is 0 Å². The van der Waals surface area contributed by atoms with Crippen LogP contribution in [-0.2, 0) is 16.6 Å². The van der Waals surface area contributed by atoms with Crippen LogP contribution in [0.2, 0.25) is 0 Å². The van der Waals surface area contributed by atoms with Crippen molar-refractivity contribution in [1.82, 2.24) is 9.03 Å². The lowest BCUT2D eigenvalue weighted by Crippen LogP contribution is -2.43. The van der Waals surface area contributed by atoms with E-state index in [4.69, 9.17) is 5.26 Å². The standard InChI is InChI=1S/C15H23N3O2S/c1-12-6-7-15(13(2)10-12)11-14(3)17-21(19,20)18(4)9-5-8-16/h6-7,10,14,17H,5,9,11H2,1-4H3. The zero-order chi connectivity index (χ0) is 16.0. The molecule has 0 aliphatic heterocycles.